The van der Waals surface area contributed by atoms with Gasteiger partial charge < -0.3 is 15.7 Å². The number of thiazole rings is 1. The molecule has 1 aromatic rings. The van der Waals surface area contributed by atoms with Gasteiger partial charge in [-0.2, -0.15) is 0 Å². The zero-order valence-electron chi connectivity index (χ0n) is 15.0. The van der Waals surface area contributed by atoms with Gasteiger partial charge in [0.2, 0.25) is 0 Å². The molecule has 0 aromatic carbocycles. The van der Waals surface area contributed by atoms with Gasteiger partial charge in [0.1, 0.15) is 5.01 Å². The Morgan fingerprint density at radius 3 is 2.62 bits per heavy atom. The smallest absolute Gasteiger partial charge is 0.191 e. The number of halogens is 1. The van der Waals surface area contributed by atoms with Crippen LogP contribution in [0.25, 0.3) is 0 Å². The Labute approximate surface area is 166 Å². The maximum absolute atomic E-state index is 10.6. The molecule has 0 radical (unpaired) electrons. The largest absolute Gasteiger partial charge is 0.388 e. The molecule has 0 bridgehead atoms. The summed E-state index contributed by atoms with van der Waals surface area (Å²) in [6.45, 7) is 8.29. The van der Waals surface area contributed by atoms with Crippen molar-refractivity contribution in [2.45, 2.75) is 70.9 Å². The van der Waals surface area contributed by atoms with Gasteiger partial charge in [-0.05, 0) is 25.7 Å². The lowest BCUT2D eigenvalue weighted by Gasteiger charge is -2.32. The molecule has 0 amide bonds. The molecule has 0 saturated heterocycles. The van der Waals surface area contributed by atoms with E-state index >= 15 is 0 Å². The standard InChI is InChI=1S/C17H30N4OS.HI/c1-4-18-16(20-12-17(22)8-6-5-7-9-17)19-10-15-21-14(11-23-15)13(2)3;/h11,13,22H,4-10,12H2,1-3H3,(H2,18,19,20);1H. The van der Waals surface area contributed by atoms with Gasteiger partial charge in [0.15, 0.2) is 5.96 Å². The van der Waals surface area contributed by atoms with E-state index in [0.29, 0.717) is 19.0 Å². The summed E-state index contributed by atoms with van der Waals surface area (Å²) in [5.41, 5.74) is 0.551. The topological polar surface area (TPSA) is 69.5 Å². The molecular weight excluding hydrogens is 435 g/mol. The van der Waals surface area contributed by atoms with Gasteiger partial charge in [-0.3, -0.25) is 0 Å². The van der Waals surface area contributed by atoms with Crippen LogP contribution >= 0.6 is 35.3 Å². The van der Waals surface area contributed by atoms with Crippen LogP contribution in [0.3, 0.4) is 0 Å². The van der Waals surface area contributed by atoms with Crippen LogP contribution in [0.5, 0.6) is 0 Å². The van der Waals surface area contributed by atoms with Crippen LogP contribution in [0, 0.1) is 0 Å². The first-order chi connectivity index (χ1) is 11.0. The average molecular weight is 466 g/mol. The first-order valence-corrected chi connectivity index (χ1v) is 9.59. The second kappa shape index (κ2) is 10.6. The van der Waals surface area contributed by atoms with E-state index in [1.165, 1.54) is 6.42 Å². The number of hydrogen-bond acceptors (Lipinski definition) is 4. The summed E-state index contributed by atoms with van der Waals surface area (Å²) >= 11 is 1.66. The van der Waals surface area contributed by atoms with Crippen molar-refractivity contribution in [3.63, 3.8) is 0 Å². The number of nitrogens with zero attached hydrogens (tertiary/aromatic N) is 2. The summed E-state index contributed by atoms with van der Waals surface area (Å²) in [6, 6.07) is 0. The fourth-order valence-corrected chi connectivity index (χ4v) is 3.67. The van der Waals surface area contributed by atoms with Gasteiger partial charge >= 0.3 is 0 Å². The Bertz CT molecular complexity index is 512. The summed E-state index contributed by atoms with van der Waals surface area (Å²) in [5.74, 6) is 1.21. The van der Waals surface area contributed by atoms with E-state index in [1.807, 2.05) is 6.92 Å². The van der Waals surface area contributed by atoms with E-state index in [-0.39, 0.29) is 24.0 Å². The van der Waals surface area contributed by atoms with Crippen LogP contribution in [-0.4, -0.2) is 34.7 Å². The van der Waals surface area contributed by atoms with Gasteiger partial charge in [0.05, 0.1) is 17.8 Å². The molecule has 1 saturated carbocycles. The lowest BCUT2D eigenvalue weighted by molar-refractivity contribution is 0.00859. The van der Waals surface area contributed by atoms with Gasteiger partial charge in [-0.15, -0.1) is 35.3 Å². The van der Waals surface area contributed by atoms with Crippen LogP contribution in [-0.2, 0) is 6.54 Å². The van der Waals surface area contributed by atoms with E-state index in [1.54, 1.807) is 11.3 Å². The van der Waals surface area contributed by atoms with Crippen LogP contribution in [0.1, 0.15) is 69.5 Å². The van der Waals surface area contributed by atoms with Gasteiger partial charge in [-0.1, -0.05) is 33.1 Å². The lowest BCUT2D eigenvalue weighted by Crippen LogP contribution is -2.48. The molecule has 1 aliphatic carbocycles. The number of aliphatic imine (C=N–C) groups is 1. The van der Waals surface area contributed by atoms with Crippen LogP contribution in [0.4, 0.5) is 0 Å². The van der Waals surface area contributed by atoms with Gasteiger partial charge in [0.25, 0.3) is 0 Å². The molecule has 0 spiro atoms. The van der Waals surface area contributed by atoms with Gasteiger partial charge in [0, 0.05) is 18.5 Å². The van der Waals surface area contributed by atoms with E-state index in [9.17, 15) is 5.11 Å². The third kappa shape index (κ3) is 6.84. The monoisotopic (exact) mass is 466 g/mol. The van der Waals surface area contributed by atoms with Crippen molar-refractivity contribution in [2.75, 3.05) is 13.1 Å². The molecule has 5 nitrogen and oxygen atoms in total. The number of hydrogen-bond donors (Lipinski definition) is 3. The summed E-state index contributed by atoms with van der Waals surface area (Å²) in [7, 11) is 0. The number of guanidine groups is 1. The molecule has 3 N–H and O–H groups in total. The molecule has 138 valence electrons. The predicted molar refractivity (Wildman–Crippen MR) is 112 cm³/mol. The minimum atomic E-state index is -0.583. The SMILES string of the molecule is CCNC(=NCc1nc(C(C)C)cs1)NCC1(O)CCCCC1.I. The highest BCUT2D eigenvalue weighted by molar-refractivity contribution is 14.0. The Morgan fingerprint density at radius 2 is 2.04 bits per heavy atom. The quantitative estimate of drug-likeness (QED) is 0.340. The van der Waals surface area contributed by atoms with Crippen molar-refractivity contribution < 1.29 is 5.11 Å². The van der Waals surface area contributed by atoms with Crippen LogP contribution in [0.2, 0.25) is 0 Å². The van der Waals surface area contributed by atoms with Crippen molar-refractivity contribution in [3.8, 4) is 0 Å². The minimum Gasteiger partial charge on any atom is -0.388 e. The Morgan fingerprint density at radius 1 is 1.33 bits per heavy atom. The molecule has 1 fully saturated rings. The molecule has 2 rings (SSSR count). The third-order valence-corrected chi connectivity index (χ3v) is 5.10. The van der Waals surface area contributed by atoms with E-state index < -0.39 is 5.60 Å². The van der Waals surface area contributed by atoms with Crippen LogP contribution in [0.15, 0.2) is 10.4 Å². The van der Waals surface area contributed by atoms with Gasteiger partial charge in [-0.25, -0.2) is 9.98 Å². The van der Waals surface area contributed by atoms with Crippen molar-refractivity contribution in [1.82, 2.24) is 15.6 Å². The Balaban J connectivity index is 0.00000288. The fourth-order valence-electron chi connectivity index (χ4n) is 2.79. The zero-order valence-corrected chi connectivity index (χ0v) is 18.1. The normalized spacial score (nSPS) is 17.5. The first-order valence-electron chi connectivity index (χ1n) is 8.71. The molecule has 0 atom stereocenters. The fraction of sp³-hybridized carbons (Fsp3) is 0.765. The molecule has 0 unspecified atom stereocenters. The summed E-state index contributed by atoms with van der Waals surface area (Å²) in [5, 5.41) is 20.3. The predicted octanol–water partition coefficient (Wildman–Crippen LogP) is 3.63. The minimum absolute atomic E-state index is 0. The average Bonchev–Trinajstić information content (AvgIpc) is 3.00. The van der Waals surface area contributed by atoms with Crippen molar-refractivity contribution in [2.24, 2.45) is 4.99 Å². The van der Waals surface area contributed by atoms with E-state index in [0.717, 1.165) is 48.9 Å². The number of nitrogens with one attached hydrogen (secondary N) is 2. The van der Waals surface area contributed by atoms with Crippen molar-refractivity contribution >= 4 is 41.3 Å². The maximum Gasteiger partial charge on any atom is 0.191 e. The molecule has 1 aromatic heterocycles. The Hall–Kier alpha value is -0.410. The van der Waals surface area contributed by atoms with E-state index in [4.69, 9.17) is 0 Å². The molecule has 7 heteroatoms. The zero-order chi connectivity index (χ0) is 16.7. The molecule has 1 heterocycles. The van der Waals surface area contributed by atoms with E-state index in [2.05, 4.69) is 39.8 Å². The second-order valence-corrected chi connectivity index (χ2v) is 7.60. The van der Waals surface area contributed by atoms with Crippen molar-refractivity contribution in [1.29, 1.82) is 0 Å². The molecule has 24 heavy (non-hydrogen) atoms. The summed E-state index contributed by atoms with van der Waals surface area (Å²) in [4.78, 5) is 9.22. The summed E-state index contributed by atoms with van der Waals surface area (Å²) < 4.78 is 0. The lowest BCUT2D eigenvalue weighted by atomic mass is 9.85. The number of aromatic nitrogens is 1. The maximum atomic E-state index is 10.6. The molecule has 1 aliphatic rings. The van der Waals surface area contributed by atoms with Crippen molar-refractivity contribution in [3.05, 3.63) is 16.1 Å². The molecule has 0 aliphatic heterocycles. The first kappa shape index (κ1) is 21.6. The highest BCUT2D eigenvalue weighted by Crippen LogP contribution is 2.27. The summed E-state index contributed by atoms with van der Waals surface area (Å²) in [6.07, 6.45) is 5.22. The second-order valence-electron chi connectivity index (χ2n) is 6.65. The molecular formula is C17H31IN4OS. The Kier molecular flexibility index (Phi) is 9.51. The number of aliphatic hydroxyl groups is 1. The highest BCUT2D eigenvalue weighted by Gasteiger charge is 2.29. The number of rotatable bonds is 6. The highest BCUT2D eigenvalue weighted by atomic mass is 127. The van der Waals surface area contributed by atoms with Crippen LogP contribution < -0.4 is 10.6 Å². The third-order valence-electron chi connectivity index (χ3n) is 4.25.